The summed E-state index contributed by atoms with van der Waals surface area (Å²) in [4.78, 5) is 15.2. The van der Waals surface area contributed by atoms with Gasteiger partial charge in [-0.15, -0.1) is 24.0 Å². The van der Waals surface area contributed by atoms with Crippen LogP contribution in [-0.2, 0) is 11.3 Å². The second-order valence-electron chi connectivity index (χ2n) is 4.39. The molecular formula is C13H19F3IN3O3. The summed E-state index contributed by atoms with van der Waals surface area (Å²) < 4.78 is 46.1. The molecule has 0 amide bonds. The Balaban J connectivity index is 0.00000484. The van der Waals surface area contributed by atoms with Gasteiger partial charge in [-0.2, -0.15) is 13.2 Å². The van der Waals surface area contributed by atoms with Crippen LogP contribution in [0, 0.1) is 6.92 Å². The normalized spacial score (nSPS) is 11.7. The van der Waals surface area contributed by atoms with Gasteiger partial charge in [0.15, 0.2) is 5.96 Å². The molecule has 1 aromatic heterocycles. The molecule has 0 saturated carbocycles. The van der Waals surface area contributed by atoms with Crippen LogP contribution in [0.15, 0.2) is 15.5 Å². The number of carbonyl (C=O) groups excluding carboxylic acids is 1. The highest BCUT2D eigenvalue weighted by atomic mass is 127. The van der Waals surface area contributed by atoms with Crippen molar-refractivity contribution in [2.45, 2.75) is 26.1 Å². The van der Waals surface area contributed by atoms with Gasteiger partial charge >= 0.3 is 12.1 Å². The Bertz CT molecular complexity index is 544. The number of rotatable bonds is 5. The van der Waals surface area contributed by atoms with Gasteiger partial charge in [0.25, 0.3) is 0 Å². The first-order valence-electron chi connectivity index (χ1n) is 6.45. The van der Waals surface area contributed by atoms with Crippen molar-refractivity contribution < 1.29 is 27.1 Å². The second kappa shape index (κ2) is 9.63. The molecule has 1 rings (SSSR count). The number of methoxy groups -OCH3 is 1. The number of esters is 1. The second-order valence-corrected chi connectivity index (χ2v) is 4.39. The fourth-order valence-electron chi connectivity index (χ4n) is 1.66. The van der Waals surface area contributed by atoms with Gasteiger partial charge in [0.1, 0.15) is 17.1 Å². The van der Waals surface area contributed by atoms with Gasteiger partial charge < -0.3 is 19.8 Å². The summed E-state index contributed by atoms with van der Waals surface area (Å²) in [6.07, 6.45) is -5.18. The standard InChI is InChI=1S/C13H18F3N3O3.HI/c1-8-10(11(20)21-3)6-9(22-8)7-19-12(17-2)18-5-4-13(14,15)16;/h6H,4-5,7H2,1-3H3,(H2,17,18,19);1H. The molecule has 0 aliphatic heterocycles. The number of nitrogens with one attached hydrogen (secondary N) is 2. The fraction of sp³-hybridized carbons (Fsp3) is 0.538. The van der Waals surface area contributed by atoms with Crippen molar-refractivity contribution in [3.8, 4) is 0 Å². The molecule has 10 heteroatoms. The molecule has 0 aromatic carbocycles. The lowest BCUT2D eigenvalue weighted by Gasteiger charge is -2.12. The highest BCUT2D eigenvalue weighted by Crippen LogP contribution is 2.18. The summed E-state index contributed by atoms with van der Waals surface area (Å²) >= 11 is 0. The van der Waals surface area contributed by atoms with Crippen molar-refractivity contribution in [1.29, 1.82) is 0 Å². The third-order valence-corrected chi connectivity index (χ3v) is 2.73. The molecule has 0 atom stereocenters. The number of guanidine groups is 1. The van der Waals surface area contributed by atoms with Crippen LogP contribution in [0.25, 0.3) is 0 Å². The molecular weight excluding hydrogens is 430 g/mol. The number of aryl methyl sites for hydroxylation is 1. The quantitative estimate of drug-likeness (QED) is 0.313. The van der Waals surface area contributed by atoms with Gasteiger partial charge in [-0.1, -0.05) is 0 Å². The van der Waals surface area contributed by atoms with Crippen LogP contribution in [0.4, 0.5) is 13.2 Å². The largest absolute Gasteiger partial charge is 0.465 e. The third-order valence-electron chi connectivity index (χ3n) is 2.73. The topological polar surface area (TPSA) is 75.9 Å². The Hall–Kier alpha value is -1.46. The predicted octanol–water partition coefficient (Wildman–Crippen LogP) is 2.61. The number of hydrogen-bond donors (Lipinski definition) is 2. The molecule has 132 valence electrons. The highest BCUT2D eigenvalue weighted by Gasteiger charge is 2.26. The summed E-state index contributed by atoms with van der Waals surface area (Å²) in [6.45, 7) is 1.50. The molecule has 0 aliphatic carbocycles. The van der Waals surface area contributed by atoms with E-state index in [1.165, 1.54) is 20.2 Å². The number of hydrogen-bond acceptors (Lipinski definition) is 4. The van der Waals surface area contributed by atoms with Gasteiger partial charge in [0.2, 0.25) is 0 Å². The first kappa shape index (κ1) is 21.5. The molecule has 0 aliphatic rings. The lowest BCUT2D eigenvalue weighted by Crippen LogP contribution is -2.38. The molecule has 0 radical (unpaired) electrons. The maximum atomic E-state index is 12.1. The highest BCUT2D eigenvalue weighted by molar-refractivity contribution is 14.0. The first-order valence-corrected chi connectivity index (χ1v) is 6.45. The average molecular weight is 449 g/mol. The van der Waals surface area contributed by atoms with E-state index >= 15 is 0 Å². The van der Waals surface area contributed by atoms with Gasteiger partial charge in [0.05, 0.1) is 20.1 Å². The minimum absolute atomic E-state index is 0. The van der Waals surface area contributed by atoms with E-state index < -0.39 is 18.6 Å². The van der Waals surface area contributed by atoms with Gasteiger partial charge in [0, 0.05) is 13.6 Å². The summed E-state index contributed by atoms with van der Waals surface area (Å²) in [6, 6.07) is 1.51. The molecule has 0 bridgehead atoms. The fourth-order valence-corrected chi connectivity index (χ4v) is 1.66. The summed E-state index contributed by atoms with van der Waals surface area (Å²) in [5.41, 5.74) is 0.305. The lowest BCUT2D eigenvalue weighted by molar-refractivity contribution is -0.132. The summed E-state index contributed by atoms with van der Waals surface area (Å²) in [7, 11) is 2.70. The van der Waals surface area contributed by atoms with Gasteiger partial charge in [-0.05, 0) is 13.0 Å². The number of ether oxygens (including phenoxy) is 1. The van der Waals surface area contributed by atoms with Crippen molar-refractivity contribution in [2.24, 2.45) is 4.99 Å². The van der Waals surface area contributed by atoms with Crippen molar-refractivity contribution in [3.63, 3.8) is 0 Å². The molecule has 0 unspecified atom stereocenters. The molecule has 0 spiro atoms. The number of carbonyl (C=O) groups is 1. The molecule has 6 nitrogen and oxygen atoms in total. The van der Waals surface area contributed by atoms with Crippen LogP contribution in [-0.4, -0.2) is 38.8 Å². The lowest BCUT2D eigenvalue weighted by atomic mass is 10.2. The molecule has 1 aromatic rings. The third kappa shape index (κ3) is 7.57. The summed E-state index contributed by atoms with van der Waals surface area (Å²) in [5.74, 6) is 0.540. The predicted molar refractivity (Wildman–Crippen MR) is 89.1 cm³/mol. The van der Waals surface area contributed by atoms with Crippen LogP contribution in [0.2, 0.25) is 0 Å². The Morgan fingerprint density at radius 2 is 2.04 bits per heavy atom. The Kier molecular flexibility index (Phi) is 9.02. The van der Waals surface area contributed by atoms with Crippen LogP contribution >= 0.6 is 24.0 Å². The van der Waals surface area contributed by atoms with Crippen LogP contribution in [0.3, 0.4) is 0 Å². The minimum atomic E-state index is -4.22. The Morgan fingerprint density at radius 1 is 1.39 bits per heavy atom. The van der Waals surface area contributed by atoms with Crippen LogP contribution in [0.1, 0.15) is 28.3 Å². The number of nitrogens with zero attached hydrogens (tertiary/aromatic N) is 1. The van der Waals surface area contributed by atoms with E-state index in [1.807, 2.05) is 0 Å². The van der Waals surface area contributed by atoms with Crippen molar-refractivity contribution in [1.82, 2.24) is 10.6 Å². The zero-order chi connectivity index (χ0) is 16.8. The minimum Gasteiger partial charge on any atom is -0.465 e. The zero-order valence-electron chi connectivity index (χ0n) is 12.9. The Labute approximate surface area is 148 Å². The van der Waals surface area contributed by atoms with Gasteiger partial charge in [-0.25, -0.2) is 4.79 Å². The molecule has 0 fully saturated rings. The van der Waals surface area contributed by atoms with Crippen molar-refractivity contribution >= 4 is 35.9 Å². The summed E-state index contributed by atoms with van der Waals surface area (Å²) in [5, 5.41) is 5.33. The maximum absolute atomic E-state index is 12.1. The van der Waals surface area contributed by atoms with Crippen molar-refractivity contribution in [3.05, 3.63) is 23.2 Å². The Morgan fingerprint density at radius 3 is 2.57 bits per heavy atom. The van der Waals surface area contributed by atoms with E-state index in [0.717, 1.165) is 0 Å². The van der Waals surface area contributed by atoms with Crippen LogP contribution < -0.4 is 10.6 Å². The van der Waals surface area contributed by atoms with E-state index in [0.29, 0.717) is 17.1 Å². The number of alkyl halides is 3. The number of furan rings is 1. The monoisotopic (exact) mass is 449 g/mol. The zero-order valence-corrected chi connectivity index (χ0v) is 15.2. The van der Waals surface area contributed by atoms with Crippen LogP contribution in [0.5, 0.6) is 0 Å². The molecule has 23 heavy (non-hydrogen) atoms. The van der Waals surface area contributed by atoms with E-state index in [1.54, 1.807) is 6.92 Å². The molecule has 2 N–H and O–H groups in total. The average Bonchev–Trinajstić information content (AvgIpc) is 2.81. The number of halogens is 4. The molecule has 0 saturated heterocycles. The SMILES string of the molecule is CN=C(NCCC(F)(F)F)NCc1cc(C(=O)OC)c(C)o1.I. The van der Waals surface area contributed by atoms with Gasteiger partial charge in [-0.3, -0.25) is 4.99 Å². The van der Waals surface area contributed by atoms with E-state index in [9.17, 15) is 18.0 Å². The smallest absolute Gasteiger partial charge is 0.390 e. The number of aliphatic imine (C=N–C) groups is 1. The van der Waals surface area contributed by atoms with E-state index in [2.05, 4.69) is 20.4 Å². The molecule has 1 heterocycles. The van der Waals surface area contributed by atoms with E-state index in [-0.39, 0.29) is 43.0 Å². The maximum Gasteiger partial charge on any atom is 0.390 e. The van der Waals surface area contributed by atoms with Crippen molar-refractivity contribution in [2.75, 3.05) is 20.7 Å². The first-order chi connectivity index (χ1) is 10.3. The van der Waals surface area contributed by atoms with E-state index in [4.69, 9.17) is 4.42 Å².